The van der Waals surface area contributed by atoms with Gasteiger partial charge in [0, 0.05) is 49.9 Å². The molecule has 0 radical (unpaired) electrons. The molecule has 2 heterocycles. The molecule has 1 aromatic heterocycles. The van der Waals surface area contributed by atoms with Crippen molar-refractivity contribution in [3.63, 3.8) is 0 Å². The van der Waals surface area contributed by atoms with E-state index in [1.54, 1.807) is 41.8 Å². The number of ether oxygens (including phenoxy) is 1. The van der Waals surface area contributed by atoms with Crippen molar-refractivity contribution in [1.29, 1.82) is 0 Å². The molecular formula is C20H21N5O5S2. The molecule has 32 heavy (non-hydrogen) atoms. The van der Waals surface area contributed by atoms with Crippen LogP contribution in [0.1, 0.15) is 0 Å². The fourth-order valence-electron chi connectivity index (χ4n) is 3.53. The summed E-state index contributed by atoms with van der Waals surface area (Å²) in [6.45, 7) is 2.41. The molecule has 4 rings (SSSR count). The van der Waals surface area contributed by atoms with Crippen molar-refractivity contribution in [3.8, 4) is 5.75 Å². The van der Waals surface area contributed by atoms with Crippen molar-refractivity contribution in [2.24, 2.45) is 0 Å². The topological polar surface area (TPSA) is 118 Å². The zero-order chi connectivity index (χ0) is 22.7. The molecule has 10 nitrogen and oxygen atoms in total. The van der Waals surface area contributed by atoms with Crippen LogP contribution in [0.4, 0.5) is 22.2 Å². The molecule has 0 unspecified atom stereocenters. The van der Waals surface area contributed by atoms with Crippen LogP contribution in [-0.2, 0) is 10.0 Å². The van der Waals surface area contributed by atoms with Gasteiger partial charge in [-0.05, 0) is 18.2 Å². The first-order valence-electron chi connectivity index (χ1n) is 9.73. The number of nitrogens with zero attached hydrogens (tertiary/aromatic N) is 4. The van der Waals surface area contributed by atoms with Gasteiger partial charge in [-0.2, -0.15) is 0 Å². The van der Waals surface area contributed by atoms with Gasteiger partial charge in [0.25, 0.3) is 15.7 Å². The summed E-state index contributed by atoms with van der Waals surface area (Å²) in [4.78, 5) is 19.0. The quantitative estimate of drug-likeness (QED) is 0.409. The van der Waals surface area contributed by atoms with Crippen molar-refractivity contribution in [2.45, 2.75) is 4.90 Å². The normalized spacial score (nSPS) is 14.3. The van der Waals surface area contributed by atoms with Gasteiger partial charge in [-0.1, -0.05) is 12.1 Å². The van der Waals surface area contributed by atoms with Gasteiger partial charge in [0.2, 0.25) is 0 Å². The Balaban J connectivity index is 1.66. The Hall–Kier alpha value is -3.38. The van der Waals surface area contributed by atoms with E-state index in [2.05, 4.69) is 14.6 Å². The lowest BCUT2D eigenvalue weighted by atomic mass is 10.2. The molecule has 0 amide bonds. The summed E-state index contributed by atoms with van der Waals surface area (Å²) in [5.74, 6) is 0.347. The zero-order valence-electron chi connectivity index (χ0n) is 17.2. The SMILES string of the molecule is COc1ccccc1NS(=O)(=O)c1cc([N+](=O)[O-])ccc1N1CCN(c2nccs2)CC1. The second kappa shape index (κ2) is 9.01. The number of sulfonamides is 1. The predicted octanol–water partition coefficient (Wildman–Crippen LogP) is 3.19. The minimum absolute atomic E-state index is 0.152. The van der Waals surface area contributed by atoms with Crippen LogP contribution in [0.15, 0.2) is 58.9 Å². The van der Waals surface area contributed by atoms with Crippen LogP contribution in [0.5, 0.6) is 5.75 Å². The summed E-state index contributed by atoms with van der Waals surface area (Å²) in [6.07, 6.45) is 1.75. The number of hydrogen-bond acceptors (Lipinski definition) is 9. The lowest BCUT2D eigenvalue weighted by Crippen LogP contribution is -2.47. The van der Waals surface area contributed by atoms with Gasteiger partial charge in [0.05, 0.1) is 23.4 Å². The summed E-state index contributed by atoms with van der Waals surface area (Å²) in [7, 11) is -2.70. The number of para-hydroxylation sites is 2. The molecule has 0 saturated carbocycles. The van der Waals surface area contributed by atoms with E-state index in [9.17, 15) is 18.5 Å². The number of nitrogens with one attached hydrogen (secondary N) is 1. The molecule has 0 spiro atoms. The number of piperazine rings is 1. The van der Waals surface area contributed by atoms with Gasteiger partial charge in [0.15, 0.2) is 5.13 Å². The molecule has 1 N–H and O–H groups in total. The summed E-state index contributed by atoms with van der Waals surface area (Å²) in [5, 5.41) is 14.2. The smallest absolute Gasteiger partial charge is 0.270 e. The second-order valence-electron chi connectivity index (χ2n) is 7.00. The number of hydrogen-bond donors (Lipinski definition) is 1. The molecule has 168 valence electrons. The third-order valence-corrected chi connectivity index (χ3v) is 7.33. The lowest BCUT2D eigenvalue weighted by molar-refractivity contribution is -0.385. The average Bonchev–Trinajstić information content (AvgIpc) is 3.34. The van der Waals surface area contributed by atoms with Crippen LogP contribution in [0.25, 0.3) is 0 Å². The van der Waals surface area contributed by atoms with Crippen molar-refractivity contribution < 1.29 is 18.1 Å². The van der Waals surface area contributed by atoms with Crippen LogP contribution < -0.4 is 19.3 Å². The van der Waals surface area contributed by atoms with Gasteiger partial charge >= 0.3 is 0 Å². The Kier molecular flexibility index (Phi) is 6.15. The summed E-state index contributed by atoms with van der Waals surface area (Å²) in [5.41, 5.74) is 0.369. The third kappa shape index (κ3) is 4.46. The highest BCUT2D eigenvalue weighted by Gasteiger charge is 2.28. The Morgan fingerprint density at radius 2 is 1.84 bits per heavy atom. The maximum Gasteiger partial charge on any atom is 0.270 e. The number of nitro groups is 1. The molecule has 1 aliphatic heterocycles. The van der Waals surface area contributed by atoms with E-state index >= 15 is 0 Å². The number of rotatable bonds is 7. The largest absolute Gasteiger partial charge is 0.495 e. The highest BCUT2D eigenvalue weighted by Crippen LogP contribution is 2.34. The summed E-state index contributed by atoms with van der Waals surface area (Å²) < 4.78 is 34.4. The van der Waals surface area contributed by atoms with Crippen LogP contribution in [0, 0.1) is 10.1 Å². The fraction of sp³-hybridized carbons (Fsp3) is 0.250. The molecule has 1 aliphatic rings. The number of benzene rings is 2. The summed E-state index contributed by atoms with van der Waals surface area (Å²) >= 11 is 1.55. The number of non-ortho nitro benzene ring substituents is 1. The predicted molar refractivity (Wildman–Crippen MR) is 123 cm³/mol. The molecule has 3 aromatic rings. The van der Waals surface area contributed by atoms with Crippen LogP contribution in [-0.4, -0.2) is 51.6 Å². The minimum Gasteiger partial charge on any atom is -0.495 e. The first kappa shape index (κ1) is 21.8. The molecule has 0 bridgehead atoms. The van der Waals surface area contributed by atoms with Crippen molar-refractivity contribution in [1.82, 2.24) is 4.98 Å². The number of anilines is 3. The van der Waals surface area contributed by atoms with Gasteiger partial charge in [-0.15, -0.1) is 11.3 Å². The van der Waals surface area contributed by atoms with Crippen LogP contribution in [0.3, 0.4) is 0 Å². The van der Waals surface area contributed by atoms with Crippen molar-refractivity contribution in [3.05, 3.63) is 64.2 Å². The van der Waals surface area contributed by atoms with Gasteiger partial charge in [0.1, 0.15) is 10.6 Å². The standard InChI is InChI=1S/C20H21N5O5S2/c1-30-18-5-3-2-4-16(18)22-32(28,29)19-14-15(25(26)27)6-7-17(19)23-9-11-24(12-10-23)20-21-8-13-31-20/h2-8,13-14,22H,9-12H2,1H3. The fourth-order valence-corrected chi connectivity index (χ4v) is 5.55. The first-order valence-corrected chi connectivity index (χ1v) is 12.1. The first-order chi connectivity index (χ1) is 15.4. The molecule has 1 fully saturated rings. The molecule has 1 saturated heterocycles. The Labute approximate surface area is 189 Å². The minimum atomic E-state index is -4.14. The molecular weight excluding hydrogens is 454 g/mol. The van der Waals surface area contributed by atoms with Crippen LogP contribution in [0.2, 0.25) is 0 Å². The van der Waals surface area contributed by atoms with E-state index in [4.69, 9.17) is 4.74 Å². The summed E-state index contributed by atoms with van der Waals surface area (Å²) in [6, 6.07) is 10.5. The maximum absolute atomic E-state index is 13.3. The second-order valence-corrected chi connectivity index (χ2v) is 9.53. The number of methoxy groups -OCH3 is 1. The highest BCUT2D eigenvalue weighted by atomic mass is 32.2. The van der Waals surface area contributed by atoms with E-state index in [-0.39, 0.29) is 16.3 Å². The Bertz CT molecular complexity index is 1210. The van der Waals surface area contributed by atoms with E-state index in [0.717, 1.165) is 11.2 Å². The monoisotopic (exact) mass is 475 g/mol. The number of nitro benzene ring substituents is 1. The van der Waals surface area contributed by atoms with Crippen molar-refractivity contribution >= 4 is 43.6 Å². The van der Waals surface area contributed by atoms with Crippen molar-refractivity contribution in [2.75, 3.05) is 47.8 Å². The lowest BCUT2D eigenvalue weighted by Gasteiger charge is -2.36. The molecule has 12 heteroatoms. The zero-order valence-corrected chi connectivity index (χ0v) is 18.8. The molecule has 0 atom stereocenters. The van der Waals surface area contributed by atoms with E-state index in [1.165, 1.54) is 19.2 Å². The number of aromatic nitrogens is 1. The third-order valence-electron chi connectivity index (χ3n) is 5.11. The molecule has 0 aliphatic carbocycles. The average molecular weight is 476 g/mol. The van der Waals surface area contributed by atoms with E-state index in [0.29, 0.717) is 37.6 Å². The van der Waals surface area contributed by atoms with Gasteiger partial charge in [-0.25, -0.2) is 13.4 Å². The van der Waals surface area contributed by atoms with E-state index < -0.39 is 14.9 Å². The number of thiazole rings is 1. The highest BCUT2D eigenvalue weighted by molar-refractivity contribution is 7.93. The Morgan fingerprint density at radius 3 is 2.50 bits per heavy atom. The maximum atomic E-state index is 13.3. The molecule has 2 aromatic carbocycles. The van der Waals surface area contributed by atoms with Crippen LogP contribution >= 0.6 is 11.3 Å². The Morgan fingerprint density at radius 1 is 1.12 bits per heavy atom. The van der Waals surface area contributed by atoms with Gasteiger partial charge < -0.3 is 14.5 Å². The van der Waals surface area contributed by atoms with Gasteiger partial charge in [-0.3, -0.25) is 14.8 Å². The van der Waals surface area contributed by atoms with E-state index in [1.807, 2.05) is 10.3 Å².